The second-order valence-corrected chi connectivity index (χ2v) is 6.04. The molecule has 0 atom stereocenters. The Morgan fingerprint density at radius 3 is 2.67 bits per heavy atom. The van der Waals surface area contributed by atoms with E-state index in [9.17, 15) is 4.79 Å². The number of amides is 1. The van der Waals surface area contributed by atoms with Crippen molar-refractivity contribution < 1.29 is 14.3 Å². The Hall–Kier alpha value is -3.74. The molecule has 0 bridgehead atoms. The van der Waals surface area contributed by atoms with Crippen LogP contribution in [-0.4, -0.2) is 33.6 Å². The van der Waals surface area contributed by atoms with Crippen LogP contribution in [0.2, 0.25) is 0 Å². The number of rotatable bonds is 6. The fourth-order valence-corrected chi connectivity index (χ4v) is 2.16. The molecular formula is C17H17N7O3. The number of nitrogens with zero attached hydrogens (tertiary/aromatic N) is 5. The molecule has 1 fully saturated rings. The van der Waals surface area contributed by atoms with Crippen LogP contribution in [0.3, 0.4) is 0 Å². The molecule has 2 aromatic rings. The largest absolute Gasteiger partial charge is 0.462 e. The summed E-state index contributed by atoms with van der Waals surface area (Å²) in [7, 11) is 0. The number of nitrogens with two attached hydrogens (primary N) is 2. The van der Waals surface area contributed by atoms with Crippen molar-refractivity contribution >= 4 is 12.1 Å². The third-order valence-corrected chi connectivity index (χ3v) is 3.86. The van der Waals surface area contributed by atoms with Crippen molar-refractivity contribution in [2.24, 2.45) is 21.9 Å². The zero-order chi connectivity index (χ0) is 19.3. The molecule has 4 N–H and O–H groups in total. The predicted molar refractivity (Wildman–Crippen MR) is 94.0 cm³/mol. The molecule has 1 aliphatic carbocycles. The molecule has 1 aliphatic rings. The third-order valence-electron chi connectivity index (χ3n) is 3.86. The first-order valence-corrected chi connectivity index (χ1v) is 8.08. The normalized spacial score (nSPS) is 13.9. The Morgan fingerprint density at radius 2 is 2.04 bits per heavy atom. The summed E-state index contributed by atoms with van der Waals surface area (Å²) in [6.45, 7) is 0.208. The summed E-state index contributed by atoms with van der Waals surface area (Å²) in [6.07, 6.45) is 3.94. The highest BCUT2D eigenvalue weighted by atomic mass is 16.5. The molecule has 3 rings (SSSR count). The SMILES string of the molecule is N#CC1(COc2ncc(-c3cccc(COC(=O)N=C(N)N)n3)cn2)CC1. The molecule has 2 heterocycles. The fourth-order valence-electron chi connectivity index (χ4n) is 2.16. The number of nitriles is 1. The lowest BCUT2D eigenvalue weighted by Gasteiger charge is -2.08. The van der Waals surface area contributed by atoms with Gasteiger partial charge in [-0.3, -0.25) is 0 Å². The van der Waals surface area contributed by atoms with Gasteiger partial charge in [0.1, 0.15) is 13.2 Å². The second kappa shape index (κ2) is 7.65. The molecule has 2 aromatic heterocycles. The zero-order valence-corrected chi connectivity index (χ0v) is 14.3. The van der Waals surface area contributed by atoms with Crippen molar-refractivity contribution in [2.45, 2.75) is 19.4 Å². The van der Waals surface area contributed by atoms with Gasteiger partial charge in [-0.2, -0.15) is 5.26 Å². The maximum Gasteiger partial charge on any atom is 0.437 e. The van der Waals surface area contributed by atoms with Crippen LogP contribution in [0.15, 0.2) is 35.6 Å². The van der Waals surface area contributed by atoms with Gasteiger partial charge in [0.05, 0.1) is 22.9 Å². The molecule has 0 spiro atoms. The molecule has 1 amide bonds. The molecule has 0 saturated heterocycles. The fraction of sp³-hybridized carbons (Fsp3) is 0.294. The smallest absolute Gasteiger partial charge is 0.437 e. The first-order valence-electron chi connectivity index (χ1n) is 8.08. The Balaban J connectivity index is 1.61. The highest BCUT2D eigenvalue weighted by Gasteiger charge is 2.44. The first kappa shape index (κ1) is 18.1. The van der Waals surface area contributed by atoms with E-state index < -0.39 is 6.09 Å². The third kappa shape index (κ3) is 4.88. The van der Waals surface area contributed by atoms with E-state index in [-0.39, 0.29) is 30.6 Å². The van der Waals surface area contributed by atoms with Crippen molar-refractivity contribution in [3.8, 4) is 23.3 Å². The van der Waals surface area contributed by atoms with Crippen LogP contribution >= 0.6 is 0 Å². The Bertz CT molecular complexity index is 897. The summed E-state index contributed by atoms with van der Waals surface area (Å²) in [5.41, 5.74) is 11.6. The number of carbonyl (C=O) groups excluding carboxylic acids is 1. The van der Waals surface area contributed by atoms with Gasteiger partial charge in [0.15, 0.2) is 5.96 Å². The number of ether oxygens (including phenoxy) is 2. The Labute approximate surface area is 154 Å². The van der Waals surface area contributed by atoms with Crippen LogP contribution in [0, 0.1) is 16.7 Å². The highest BCUT2D eigenvalue weighted by Crippen LogP contribution is 2.44. The van der Waals surface area contributed by atoms with Gasteiger partial charge < -0.3 is 20.9 Å². The van der Waals surface area contributed by atoms with E-state index in [4.69, 9.17) is 26.2 Å². The van der Waals surface area contributed by atoms with E-state index in [1.54, 1.807) is 30.6 Å². The standard InChI is InChI=1S/C17H17N7O3/c18-9-17(4-5-17)10-27-15-21-6-11(7-22-15)13-3-1-2-12(23-13)8-26-16(25)24-14(19)20/h1-3,6-7H,4-5,8,10H2,(H4,19,20,24,25). The van der Waals surface area contributed by atoms with Gasteiger partial charge in [-0.15, -0.1) is 4.99 Å². The van der Waals surface area contributed by atoms with Gasteiger partial charge in [-0.25, -0.2) is 19.7 Å². The van der Waals surface area contributed by atoms with Gasteiger partial charge >= 0.3 is 12.1 Å². The molecule has 0 radical (unpaired) electrons. The van der Waals surface area contributed by atoms with Crippen LogP contribution < -0.4 is 16.2 Å². The molecule has 1 saturated carbocycles. The van der Waals surface area contributed by atoms with E-state index >= 15 is 0 Å². The average molecular weight is 367 g/mol. The summed E-state index contributed by atoms with van der Waals surface area (Å²) in [6, 6.07) is 7.69. The summed E-state index contributed by atoms with van der Waals surface area (Å²) >= 11 is 0. The van der Waals surface area contributed by atoms with Gasteiger partial charge in [0.25, 0.3) is 0 Å². The van der Waals surface area contributed by atoms with E-state index in [0.29, 0.717) is 17.0 Å². The van der Waals surface area contributed by atoms with Crippen molar-refractivity contribution in [3.05, 3.63) is 36.3 Å². The Kier molecular flexibility index (Phi) is 5.12. The predicted octanol–water partition coefficient (Wildman–Crippen LogP) is 1.13. The van der Waals surface area contributed by atoms with Crippen LogP contribution in [0.5, 0.6) is 6.01 Å². The summed E-state index contributed by atoms with van der Waals surface area (Å²) in [5, 5.41) is 9.04. The molecule has 0 unspecified atom stereocenters. The molecule has 10 heteroatoms. The van der Waals surface area contributed by atoms with Gasteiger partial charge in [0.2, 0.25) is 0 Å². The summed E-state index contributed by atoms with van der Waals surface area (Å²) in [4.78, 5) is 27.2. The van der Waals surface area contributed by atoms with Crippen LogP contribution in [0.25, 0.3) is 11.3 Å². The second-order valence-electron chi connectivity index (χ2n) is 6.04. The maximum atomic E-state index is 11.3. The molecule has 138 valence electrons. The summed E-state index contributed by atoms with van der Waals surface area (Å²) in [5.74, 6) is -0.372. The van der Waals surface area contributed by atoms with Crippen LogP contribution in [0.1, 0.15) is 18.5 Å². The van der Waals surface area contributed by atoms with E-state index in [1.165, 1.54) is 0 Å². The van der Waals surface area contributed by atoms with Gasteiger partial charge in [-0.1, -0.05) is 6.07 Å². The topological polar surface area (TPSA) is 162 Å². The number of carbonyl (C=O) groups is 1. The lowest BCUT2D eigenvalue weighted by molar-refractivity contribution is 0.149. The maximum absolute atomic E-state index is 11.3. The number of hydrogen-bond donors (Lipinski definition) is 2. The molecular weight excluding hydrogens is 350 g/mol. The highest BCUT2D eigenvalue weighted by molar-refractivity contribution is 5.87. The van der Waals surface area contributed by atoms with Crippen LogP contribution in [0.4, 0.5) is 4.79 Å². The quantitative estimate of drug-likeness (QED) is 0.562. The number of guanidine groups is 1. The lowest BCUT2D eigenvalue weighted by Crippen LogP contribution is -2.24. The van der Waals surface area contributed by atoms with E-state index in [1.807, 2.05) is 0 Å². The average Bonchev–Trinajstić information content (AvgIpc) is 3.45. The van der Waals surface area contributed by atoms with Crippen molar-refractivity contribution in [1.29, 1.82) is 5.26 Å². The number of hydrogen-bond acceptors (Lipinski definition) is 7. The number of aromatic nitrogens is 3. The lowest BCUT2D eigenvalue weighted by atomic mass is 10.1. The van der Waals surface area contributed by atoms with E-state index in [0.717, 1.165) is 12.8 Å². The van der Waals surface area contributed by atoms with Crippen molar-refractivity contribution in [1.82, 2.24) is 15.0 Å². The minimum absolute atomic E-state index is 0.0816. The van der Waals surface area contributed by atoms with Gasteiger partial charge in [0, 0.05) is 18.0 Å². The molecule has 0 aliphatic heterocycles. The van der Waals surface area contributed by atoms with Crippen molar-refractivity contribution in [2.75, 3.05) is 6.61 Å². The number of pyridine rings is 1. The van der Waals surface area contributed by atoms with Crippen molar-refractivity contribution in [3.63, 3.8) is 0 Å². The monoisotopic (exact) mass is 367 g/mol. The molecule has 0 aromatic carbocycles. The van der Waals surface area contributed by atoms with Crippen LogP contribution in [-0.2, 0) is 11.3 Å². The van der Waals surface area contributed by atoms with E-state index in [2.05, 4.69) is 26.0 Å². The molecule has 27 heavy (non-hydrogen) atoms. The minimum atomic E-state index is -0.891. The zero-order valence-electron chi connectivity index (χ0n) is 14.3. The first-order chi connectivity index (χ1) is 13.0. The Morgan fingerprint density at radius 1 is 1.30 bits per heavy atom. The molecule has 10 nitrogen and oxygen atoms in total. The number of aliphatic imine (C=N–C) groups is 1. The van der Waals surface area contributed by atoms with Gasteiger partial charge in [-0.05, 0) is 25.0 Å². The minimum Gasteiger partial charge on any atom is -0.462 e. The summed E-state index contributed by atoms with van der Waals surface area (Å²) < 4.78 is 10.4.